The summed E-state index contributed by atoms with van der Waals surface area (Å²) < 4.78 is 13.9. The van der Waals surface area contributed by atoms with E-state index in [0.29, 0.717) is 6.42 Å². The van der Waals surface area contributed by atoms with E-state index >= 15 is 0 Å². The molecule has 0 radical (unpaired) electrons. The molecule has 0 bridgehead atoms. The molecule has 1 aromatic carbocycles. The molecular formula is C21H21FN2. The molecular weight excluding hydrogens is 299 g/mol. The van der Waals surface area contributed by atoms with Gasteiger partial charge in [-0.05, 0) is 72.3 Å². The summed E-state index contributed by atoms with van der Waals surface area (Å²) in [6.45, 7) is 0. The van der Waals surface area contributed by atoms with Gasteiger partial charge in [0, 0.05) is 24.0 Å². The van der Waals surface area contributed by atoms with Crippen molar-refractivity contribution in [2.45, 2.75) is 38.3 Å². The molecule has 0 spiro atoms. The van der Waals surface area contributed by atoms with E-state index in [1.807, 2.05) is 30.5 Å². The standard InChI is InChI=1S/C21H21FN2/c22-16-7-8-18-15(13-16)6-9-21-19(5-2-10-24-21)20(18)12-14-3-1-4-17(23)11-14/h1,3-4,7-8,10-12,16H,2,5-6,9,13,23H2/b20-12+. The van der Waals surface area contributed by atoms with Crippen molar-refractivity contribution >= 4 is 18.0 Å². The number of hydrogen-bond donors (Lipinski definition) is 1. The molecule has 24 heavy (non-hydrogen) atoms. The van der Waals surface area contributed by atoms with Crippen molar-refractivity contribution in [3.8, 4) is 0 Å². The zero-order valence-corrected chi connectivity index (χ0v) is 13.6. The second kappa shape index (κ2) is 6.23. The first kappa shape index (κ1) is 15.1. The number of nitrogens with zero attached hydrogens (tertiary/aromatic N) is 1. The minimum atomic E-state index is -0.865. The van der Waals surface area contributed by atoms with E-state index in [4.69, 9.17) is 5.73 Å². The molecule has 0 saturated carbocycles. The van der Waals surface area contributed by atoms with Crippen LogP contribution >= 0.6 is 0 Å². The number of nitrogen functional groups attached to an aromatic ring is 1. The third-order valence-electron chi connectivity index (χ3n) is 4.91. The van der Waals surface area contributed by atoms with Crippen LogP contribution in [0.15, 0.2) is 69.4 Å². The summed E-state index contributed by atoms with van der Waals surface area (Å²) in [6, 6.07) is 7.90. The molecule has 4 rings (SSSR count). The van der Waals surface area contributed by atoms with Gasteiger partial charge in [-0.15, -0.1) is 0 Å². The largest absolute Gasteiger partial charge is 0.399 e. The molecule has 3 aliphatic rings. The van der Waals surface area contributed by atoms with E-state index < -0.39 is 6.17 Å². The second-order valence-electron chi connectivity index (χ2n) is 6.60. The highest BCUT2D eigenvalue weighted by atomic mass is 19.1. The van der Waals surface area contributed by atoms with Crippen LogP contribution in [0.2, 0.25) is 0 Å². The Kier molecular flexibility index (Phi) is 3.93. The maximum Gasteiger partial charge on any atom is 0.122 e. The molecule has 3 heteroatoms. The maximum atomic E-state index is 13.9. The number of halogens is 1. The van der Waals surface area contributed by atoms with Crippen LogP contribution in [0.5, 0.6) is 0 Å². The fourth-order valence-corrected chi connectivity index (χ4v) is 3.77. The monoisotopic (exact) mass is 320 g/mol. The molecule has 122 valence electrons. The summed E-state index contributed by atoms with van der Waals surface area (Å²) in [5.41, 5.74) is 13.8. The van der Waals surface area contributed by atoms with E-state index in [1.54, 1.807) is 6.08 Å². The topological polar surface area (TPSA) is 38.4 Å². The van der Waals surface area contributed by atoms with E-state index in [9.17, 15) is 4.39 Å². The molecule has 0 amide bonds. The molecule has 0 fully saturated rings. The zero-order valence-electron chi connectivity index (χ0n) is 13.6. The number of nitrogens with two attached hydrogens (primary N) is 1. The zero-order chi connectivity index (χ0) is 16.5. The lowest BCUT2D eigenvalue weighted by molar-refractivity contribution is 0.390. The Balaban J connectivity index is 1.87. The van der Waals surface area contributed by atoms with Gasteiger partial charge in [0.05, 0.1) is 0 Å². The number of aliphatic imine (C=N–C) groups is 1. The number of allylic oxidation sites excluding steroid dienone is 7. The highest BCUT2D eigenvalue weighted by molar-refractivity contribution is 5.74. The molecule has 2 N–H and O–H groups in total. The summed E-state index contributed by atoms with van der Waals surface area (Å²) in [7, 11) is 0. The average Bonchev–Trinajstić information content (AvgIpc) is 2.73. The van der Waals surface area contributed by atoms with Gasteiger partial charge in [-0.1, -0.05) is 23.8 Å². The van der Waals surface area contributed by atoms with Gasteiger partial charge in [0.2, 0.25) is 0 Å². The Bertz CT molecular complexity index is 824. The smallest absolute Gasteiger partial charge is 0.122 e. The van der Waals surface area contributed by atoms with Gasteiger partial charge in [-0.2, -0.15) is 0 Å². The van der Waals surface area contributed by atoms with E-state index in [1.165, 1.54) is 22.3 Å². The lowest BCUT2D eigenvalue weighted by Crippen LogP contribution is -2.07. The van der Waals surface area contributed by atoms with E-state index in [-0.39, 0.29) is 0 Å². The third-order valence-corrected chi connectivity index (χ3v) is 4.91. The summed E-state index contributed by atoms with van der Waals surface area (Å²) in [5, 5.41) is 0. The predicted octanol–water partition coefficient (Wildman–Crippen LogP) is 5.16. The van der Waals surface area contributed by atoms with Crippen LogP contribution in [0, 0.1) is 0 Å². The molecule has 1 aliphatic heterocycles. The van der Waals surface area contributed by atoms with Crippen LogP contribution in [-0.4, -0.2) is 12.4 Å². The first-order valence-electron chi connectivity index (χ1n) is 8.57. The van der Waals surface area contributed by atoms with Crippen LogP contribution in [0.25, 0.3) is 6.08 Å². The van der Waals surface area contributed by atoms with Crippen molar-refractivity contribution in [3.05, 3.63) is 70.0 Å². The summed E-state index contributed by atoms with van der Waals surface area (Å²) >= 11 is 0. The number of alkyl halides is 1. The quantitative estimate of drug-likeness (QED) is 0.713. The Morgan fingerprint density at radius 2 is 2.12 bits per heavy atom. The first-order valence-corrected chi connectivity index (χ1v) is 8.57. The molecule has 0 saturated heterocycles. The van der Waals surface area contributed by atoms with Crippen molar-refractivity contribution < 1.29 is 4.39 Å². The van der Waals surface area contributed by atoms with Crippen LogP contribution in [0.1, 0.15) is 37.7 Å². The Morgan fingerprint density at radius 3 is 3.00 bits per heavy atom. The second-order valence-corrected chi connectivity index (χ2v) is 6.60. The van der Waals surface area contributed by atoms with Gasteiger partial charge in [-0.3, -0.25) is 4.99 Å². The fourth-order valence-electron chi connectivity index (χ4n) is 3.77. The van der Waals surface area contributed by atoms with Crippen LogP contribution in [-0.2, 0) is 0 Å². The van der Waals surface area contributed by atoms with Crippen molar-refractivity contribution in [1.82, 2.24) is 0 Å². The van der Waals surface area contributed by atoms with Crippen molar-refractivity contribution in [2.75, 3.05) is 5.73 Å². The normalized spacial score (nSPS) is 24.9. The highest BCUT2D eigenvalue weighted by Crippen LogP contribution is 2.41. The number of hydrogen-bond acceptors (Lipinski definition) is 2. The Morgan fingerprint density at radius 1 is 1.21 bits per heavy atom. The third kappa shape index (κ3) is 2.86. The molecule has 2 aliphatic carbocycles. The van der Waals surface area contributed by atoms with Gasteiger partial charge in [0.25, 0.3) is 0 Å². The van der Waals surface area contributed by atoms with E-state index in [2.05, 4.69) is 17.1 Å². The first-order chi connectivity index (χ1) is 11.7. The predicted molar refractivity (Wildman–Crippen MR) is 98.5 cm³/mol. The van der Waals surface area contributed by atoms with Crippen LogP contribution in [0.4, 0.5) is 10.1 Å². The SMILES string of the molecule is Nc1cccc(/C=C2\C3=C(CCC4=C2CCC=N4)CC(F)C=C3)c1. The van der Waals surface area contributed by atoms with Gasteiger partial charge < -0.3 is 5.73 Å². The van der Waals surface area contributed by atoms with Gasteiger partial charge in [-0.25, -0.2) is 4.39 Å². The fraction of sp³-hybridized carbons (Fsp3) is 0.286. The molecule has 1 heterocycles. The molecule has 1 atom stereocenters. The number of rotatable bonds is 1. The minimum absolute atomic E-state index is 0.504. The average molecular weight is 320 g/mol. The van der Waals surface area contributed by atoms with Crippen LogP contribution in [0.3, 0.4) is 0 Å². The number of benzene rings is 1. The number of anilines is 1. The summed E-state index contributed by atoms with van der Waals surface area (Å²) in [5.74, 6) is 0. The molecule has 1 aromatic rings. The molecule has 2 nitrogen and oxygen atoms in total. The highest BCUT2D eigenvalue weighted by Gasteiger charge is 2.26. The molecule has 1 unspecified atom stereocenters. The molecule has 0 aromatic heterocycles. The van der Waals surface area contributed by atoms with Crippen molar-refractivity contribution in [2.24, 2.45) is 4.99 Å². The maximum absolute atomic E-state index is 13.9. The summed E-state index contributed by atoms with van der Waals surface area (Å²) in [6.07, 6.45) is 11.2. The van der Waals surface area contributed by atoms with Crippen molar-refractivity contribution in [1.29, 1.82) is 0 Å². The van der Waals surface area contributed by atoms with E-state index in [0.717, 1.165) is 42.6 Å². The van der Waals surface area contributed by atoms with Gasteiger partial charge in [0.1, 0.15) is 6.17 Å². The minimum Gasteiger partial charge on any atom is -0.399 e. The van der Waals surface area contributed by atoms with Crippen molar-refractivity contribution in [3.63, 3.8) is 0 Å². The lowest BCUT2D eigenvalue weighted by Gasteiger charge is -2.21. The lowest BCUT2D eigenvalue weighted by atomic mass is 9.86. The summed E-state index contributed by atoms with van der Waals surface area (Å²) in [4.78, 5) is 4.64. The van der Waals surface area contributed by atoms with Crippen LogP contribution < -0.4 is 5.73 Å². The van der Waals surface area contributed by atoms with Gasteiger partial charge in [0.15, 0.2) is 0 Å². The Hall–Kier alpha value is -2.42. The van der Waals surface area contributed by atoms with Gasteiger partial charge >= 0.3 is 0 Å². The Labute approximate surface area is 142 Å².